The van der Waals surface area contributed by atoms with E-state index in [4.69, 9.17) is 4.74 Å². The highest BCUT2D eigenvalue weighted by molar-refractivity contribution is 6.06. The summed E-state index contributed by atoms with van der Waals surface area (Å²) < 4.78 is 6.61. The second-order valence-corrected chi connectivity index (χ2v) is 5.09. The Hall–Kier alpha value is -2.57. The summed E-state index contributed by atoms with van der Waals surface area (Å²) in [4.78, 5) is 27.3. The van der Waals surface area contributed by atoms with Crippen molar-refractivity contribution in [3.05, 3.63) is 34.3 Å². The van der Waals surface area contributed by atoms with Crippen LogP contribution in [0.2, 0.25) is 0 Å². The summed E-state index contributed by atoms with van der Waals surface area (Å²) >= 11 is 0. The van der Waals surface area contributed by atoms with Gasteiger partial charge in [-0.15, -0.1) is 0 Å². The van der Waals surface area contributed by atoms with Gasteiger partial charge in [-0.05, 0) is 33.3 Å². The molecule has 0 aliphatic carbocycles. The monoisotopic (exact) mass is 304 g/mol. The summed E-state index contributed by atoms with van der Waals surface area (Å²) in [6.45, 7) is 7.34. The lowest BCUT2D eigenvalue weighted by Crippen LogP contribution is -2.16. The molecule has 0 aromatic carbocycles. The Morgan fingerprint density at radius 1 is 1.36 bits per heavy atom. The number of aryl methyl sites for hydroxylation is 3. The van der Waals surface area contributed by atoms with E-state index in [1.54, 1.807) is 38.6 Å². The molecule has 0 atom stereocenters. The molecule has 2 aromatic heterocycles. The molecule has 118 valence electrons. The average molecular weight is 304 g/mol. The predicted molar refractivity (Wildman–Crippen MR) is 82.1 cm³/mol. The normalized spacial score (nSPS) is 10.6. The van der Waals surface area contributed by atoms with Gasteiger partial charge in [-0.2, -0.15) is 5.10 Å². The standard InChI is InChI=1S/C15H20N4O3/c1-6-22-15(21)12-9(3)13(16-10(12)4)14(20)17-11-7-8(2)18-19(11)5/h7,16H,6H2,1-5H3,(H,17,20). The van der Waals surface area contributed by atoms with Gasteiger partial charge in [0.1, 0.15) is 11.5 Å². The molecule has 0 fully saturated rings. The van der Waals surface area contributed by atoms with E-state index in [-0.39, 0.29) is 5.91 Å². The molecule has 7 heteroatoms. The van der Waals surface area contributed by atoms with Gasteiger partial charge in [-0.1, -0.05) is 0 Å². The molecule has 7 nitrogen and oxygen atoms in total. The Balaban J connectivity index is 2.29. The van der Waals surface area contributed by atoms with Gasteiger partial charge in [0, 0.05) is 18.8 Å². The molecule has 22 heavy (non-hydrogen) atoms. The quantitative estimate of drug-likeness (QED) is 0.847. The van der Waals surface area contributed by atoms with Crippen molar-refractivity contribution >= 4 is 17.7 Å². The maximum absolute atomic E-state index is 12.4. The third kappa shape index (κ3) is 2.88. The Labute approximate surface area is 128 Å². The summed E-state index contributed by atoms with van der Waals surface area (Å²) in [7, 11) is 1.75. The van der Waals surface area contributed by atoms with E-state index in [1.165, 1.54) is 0 Å². The number of ether oxygens (including phenoxy) is 1. The van der Waals surface area contributed by atoms with Crippen LogP contribution < -0.4 is 5.32 Å². The molecule has 0 saturated heterocycles. The Morgan fingerprint density at radius 2 is 2.05 bits per heavy atom. The van der Waals surface area contributed by atoms with Crippen LogP contribution in [-0.4, -0.2) is 33.2 Å². The molecular weight excluding hydrogens is 284 g/mol. The third-order valence-corrected chi connectivity index (χ3v) is 3.39. The lowest BCUT2D eigenvalue weighted by molar-refractivity contribution is 0.0525. The van der Waals surface area contributed by atoms with Gasteiger partial charge in [0.2, 0.25) is 0 Å². The molecule has 2 N–H and O–H groups in total. The maximum atomic E-state index is 12.4. The van der Waals surface area contributed by atoms with Gasteiger partial charge in [-0.3, -0.25) is 9.48 Å². The number of aromatic amines is 1. The summed E-state index contributed by atoms with van der Waals surface area (Å²) in [6.07, 6.45) is 0. The summed E-state index contributed by atoms with van der Waals surface area (Å²) in [5.74, 6) is -0.157. The molecule has 0 aliphatic heterocycles. The predicted octanol–water partition coefficient (Wildman–Crippen LogP) is 2.10. The zero-order chi connectivity index (χ0) is 16.4. The van der Waals surface area contributed by atoms with Gasteiger partial charge in [-0.25, -0.2) is 4.79 Å². The lowest BCUT2D eigenvalue weighted by atomic mass is 10.1. The number of rotatable bonds is 4. The number of H-pyrrole nitrogens is 1. The fourth-order valence-corrected chi connectivity index (χ4v) is 2.39. The second-order valence-electron chi connectivity index (χ2n) is 5.09. The molecule has 0 saturated carbocycles. The minimum absolute atomic E-state index is 0.290. The minimum atomic E-state index is -0.427. The van der Waals surface area contributed by atoms with Crippen molar-refractivity contribution in [3.63, 3.8) is 0 Å². The van der Waals surface area contributed by atoms with E-state index in [0.717, 1.165) is 5.69 Å². The van der Waals surface area contributed by atoms with Gasteiger partial charge >= 0.3 is 5.97 Å². The Bertz CT molecular complexity index is 727. The van der Waals surface area contributed by atoms with E-state index in [1.807, 2.05) is 6.92 Å². The topological polar surface area (TPSA) is 89.0 Å². The first kappa shape index (κ1) is 15.8. The van der Waals surface area contributed by atoms with E-state index in [9.17, 15) is 9.59 Å². The lowest BCUT2D eigenvalue weighted by Gasteiger charge is -2.05. The summed E-state index contributed by atoms with van der Waals surface area (Å²) in [5, 5.41) is 6.95. The molecular formula is C15H20N4O3. The van der Waals surface area contributed by atoms with Crippen LogP contribution >= 0.6 is 0 Å². The Kier molecular flexibility index (Phi) is 4.35. The summed E-state index contributed by atoms with van der Waals surface area (Å²) in [6, 6.07) is 1.77. The first-order valence-corrected chi connectivity index (χ1v) is 7.03. The van der Waals surface area contributed by atoms with E-state index >= 15 is 0 Å². The van der Waals surface area contributed by atoms with Crippen LogP contribution in [0.1, 0.15) is 44.7 Å². The highest BCUT2D eigenvalue weighted by Crippen LogP contribution is 2.20. The third-order valence-electron chi connectivity index (χ3n) is 3.39. The smallest absolute Gasteiger partial charge is 0.340 e. The molecule has 0 radical (unpaired) electrons. The fraction of sp³-hybridized carbons (Fsp3) is 0.400. The van der Waals surface area contributed by atoms with Gasteiger partial charge in [0.15, 0.2) is 0 Å². The van der Waals surface area contributed by atoms with Crippen molar-refractivity contribution in [2.75, 3.05) is 11.9 Å². The highest BCUT2D eigenvalue weighted by Gasteiger charge is 2.23. The zero-order valence-corrected chi connectivity index (χ0v) is 13.4. The number of amides is 1. The van der Waals surface area contributed by atoms with Crippen molar-refractivity contribution in [2.45, 2.75) is 27.7 Å². The number of hydrogen-bond acceptors (Lipinski definition) is 4. The molecule has 0 unspecified atom stereocenters. The van der Waals surface area contributed by atoms with Crippen LogP contribution in [0, 0.1) is 20.8 Å². The number of nitrogens with one attached hydrogen (secondary N) is 2. The van der Waals surface area contributed by atoms with Crippen LogP contribution in [0.4, 0.5) is 5.82 Å². The average Bonchev–Trinajstić information content (AvgIpc) is 2.89. The number of aromatic nitrogens is 3. The first-order valence-electron chi connectivity index (χ1n) is 7.03. The van der Waals surface area contributed by atoms with Crippen molar-refractivity contribution < 1.29 is 14.3 Å². The molecule has 2 heterocycles. The van der Waals surface area contributed by atoms with Crippen LogP contribution in [0.3, 0.4) is 0 Å². The SMILES string of the molecule is CCOC(=O)c1c(C)[nH]c(C(=O)Nc2cc(C)nn2C)c1C. The number of carbonyl (C=O) groups excluding carboxylic acids is 2. The van der Waals surface area contributed by atoms with Gasteiger partial charge < -0.3 is 15.0 Å². The number of hydrogen-bond donors (Lipinski definition) is 2. The van der Waals surface area contributed by atoms with Crippen LogP contribution in [0.25, 0.3) is 0 Å². The van der Waals surface area contributed by atoms with Crippen molar-refractivity contribution in [1.29, 1.82) is 0 Å². The van der Waals surface area contributed by atoms with Crippen LogP contribution in [0.5, 0.6) is 0 Å². The van der Waals surface area contributed by atoms with Gasteiger partial charge in [0.25, 0.3) is 5.91 Å². The minimum Gasteiger partial charge on any atom is -0.462 e. The number of carbonyl (C=O) groups is 2. The number of esters is 1. The van der Waals surface area contributed by atoms with Gasteiger partial charge in [0.05, 0.1) is 17.9 Å². The van der Waals surface area contributed by atoms with Crippen LogP contribution in [0.15, 0.2) is 6.07 Å². The molecule has 0 spiro atoms. The Morgan fingerprint density at radius 3 is 2.59 bits per heavy atom. The van der Waals surface area contributed by atoms with E-state index in [2.05, 4.69) is 15.4 Å². The largest absolute Gasteiger partial charge is 0.462 e. The molecule has 0 bridgehead atoms. The number of anilines is 1. The van der Waals surface area contributed by atoms with Crippen molar-refractivity contribution in [2.24, 2.45) is 7.05 Å². The van der Waals surface area contributed by atoms with E-state index in [0.29, 0.717) is 34.9 Å². The second kappa shape index (κ2) is 6.05. The highest BCUT2D eigenvalue weighted by atomic mass is 16.5. The van der Waals surface area contributed by atoms with E-state index < -0.39 is 5.97 Å². The van der Waals surface area contributed by atoms with Crippen molar-refractivity contribution in [1.82, 2.24) is 14.8 Å². The molecule has 1 amide bonds. The maximum Gasteiger partial charge on any atom is 0.340 e. The first-order chi connectivity index (χ1) is 10.3. The molecule has 2 aromatic rings. The van der Waals surface area contributed by atoms with Crippen LogP contribution in [-0.2, 0) is 11.8 Å². The number of nitrogens with zero attached hydrogens (tertiary/aromatic N) is 2. The molecule has 2 rings (SSSR count). The molecule has 0 aliphatic rings. The van der Waals surface area contributed by atoms with Crippen molar-refractivity contribution in [3.8, 4) is 0 Å². The zero-order valence-electron chi connectivity index (χ0n) is 13.4. The summed E-state index contributed by atoms with van der Waals surface area (Å²) in [5.41, 5.74) is 2.76. The fourth-order valence-electron chi connectivity index (χ4n) is 2.39.